The van der Waals surface area contributed by atoms with Gasteiger partial charge in [-0.3, -0.25) is 4.90 Å². The van der Waals surface area contributed by atoms with E-state index in [0.717, 1.165) is 12.8 Å². The lowest BCUT2D eigenvalue weighted by molar-refractivity contribution is -0.139. The number of amides is 2. The number of hydrogen-bond acceptors (Lipinski definition) is 3. The highest BCUT2D eigenvalue weighted by atomic mass is 35.5. The molecule has 0 aromatic heterocycles. The number of benzene rings is 1. The second kappa shape index (κ2) is 6.24. The maximum Gasteiger partial charge on any atom is 0.338 e. The molecule has 0 radical (unpaired) electrons. The summed E-state index contributed by atoms with van der Waals surface area (Å²) >= 11 is 6.27. The van der Waals surface area contributed by atoms with Gasteiger partial charge in [-0.05, 0) is 38.3 Å². The summed E-state index contributed by atoms with van der Waals surface area (Å²) in [5.41, 5.74) is 1.80. The predicted molar refractivity (Wildman–Crippen MR) is 86.9 cm³/mol. The number of carbonyl (C=O) groups excluding carboxylic acids is 2. The van der Waals surface area contributed by atoms with Gasteiger partial charge in [0.05, 0.1) is 18.2 Å². The molecule has 1 saturated carbocycles. The molecule has 1 fully saturated rings. The summed E-state index contributed by atoms with van der Waals surface area (Å²) in [6.07, 6.45) is 1.91. The van der Waals surface area contributed by atoms with Crippen LogP contribution in [0.25, 0.3) is 0 Å². The average Bonchev–Trinajstić information content (AvgIpc) is 3.32. The minimum Gasteiger partial charge on any atom is -0.463 e. The number of allylic oxidation sites excluding steroid dienone is 1. The van der Waals surface area contributed by atoms with Crippen LogP contribution in [0.2, 0.25) is 5.02 Å². The molecule has 122 valence electrons. The van der Waals surface area contributed by atoms with E-state index in [1.807, 2.05) is 18.2 Å². The summed E-state index contributed by atoms with van der Waals surface area (Å²) in [6.45, 7) is 3.84. The first-order valence-electron chi connectivity index (χ1n) is 7.76. The normalized spacial score (nSPS) is 21.3. The number of urea groups is 1. The Balaban J connectivity index is 2.08. The van der Waals surface area contributed by atoms with Crippen LogP contribution in [0.5, 0.6) is 0 Å². The van der Waals surface area contributed by atoms with Gasteiger partial charge in [0, 0.05) is 16.8 Å². The van der Waals surface area contributed by atoms with Crippen molar-refractivity contribution in [2.45, 2.75) is 38.8 Å². The third-order valence-electron chi connectivity index (χ3n) is 4.15. The highest BCUT2D eigenvalue weighted by Crippen LogP contribution is 2.39. The van der Waals surface area contributed by atoms with E-state index in [1.165, 1.54) is 0 Å². The smallest absolute Gasteiger partial charge is 0.338 e. The van der Waals surface area contributed by atoms with E-state index in [2.05, 4.69) is 5.32 Å². The van der Waals surface area contributed by atoms with Gasteiger partial charge < -0.3 is 10.1 Å². The van der Waals surface area contributed by atoms with Crippen molar-refractivity contribution in [2.75, 3.05) is 6.61 Å². The van der Waals surface area contributed by atoms with E-state index >= 15 is 0 Å². The molecule has 1 aliphatic carbocycles. The molecule has 2 aliphatic rings. The lowest BCUT2D eigenvalue weighted by Crippen LogP contribution is -2.49. The molecule has 6 heteroatoms. The van der Waals surface area contributed by atoms with Gasteiger partial charge in [0.1, 0.15) is 0 Å². The Kier molecular flexibility index (Phi) is 4.31. The lowest BCUT2D eigenvalue weighted by Gasteiger charge is -2.35. The molecule has 0 spiro atoms. The van der Waals surface area contributed by atoms with E-state index in [1.54, 1.807) is 24.8 Å². The van der Waals surface area contributed by atoms with E-state index in [0.29, 0.717) is 21.9 Å². The number of carbonyl (C=O) groups is 2. The van der Waals surface area contributed by atoms with Crippen molar-refractivity contribution in [3.05, 3.63) is 46.1 Å². The number of nitrogens with one attached hydrogen (secondary N) is 1. The zero-order valence-corrected chi connectivity index (χ0v) is 13.9. The van der Waals surface area contributed by atoms with Crippen LogP contribution in [0.4, 0.5) is 4.79 Å². The second-order valence-corrected chi connectivity index (χ2v) is 6.13. The van der Waals surface area contributed by atoms with Gasteiger partial charge in [0.2, 0.25) is 0 Å². The number of rotatable bonds is 4. The van der Waals surface area contributed by atoms with Gasteiger partial charge in [0.15, 0.2) is 0 Å². The van der Waals surface area contributed by atoms with Crippen molar-refractivity contribution in [3.8, 4) is 0 Å². The number of nitrogens with zero attached hydrogens (tertiary/aromatic N) is 1. The average molecular weight is 335 g/mol. The molecular formula is C17H19ClN2O3. The number of ether oxygens (including phenoxy) is 1. The third kappa shape index (κ3) is 2.93. The van der Waals surface area contributed by atoms with Gasteiger partial charge >= 0.3 is 12.0 Å². The summed E-state index contributed by atoms with van der Waals surface area (Å²) in [5, 5.41) is 3.42. The standard InChI is InChI=1S/C17H19ClN2O3/c1-3-23-16(21)14-10(2)20(11-8-9-11)17(22)19-15(14)12-6-4-5-7-13(12)18/h4-7,11,15H,3,8-9H2,1-2H3,(H,19,22)/t15-/m1/s1. The van der Waals surface area contributed by atoms with E-state index < -0.39 is 12.0 Å². The fraction of sp³-hybridized carbons (Fsp3) is 0.412. The van der Waals surface area contributed by atoms with Crippen LogP contribution in [-0.4, -0.2) is 29.5 Å². The van der Waals surface area contributed by atoms with Gasteiger partial charge in [-0.15, -0.1) is 0 Å². The Bertz CT molecular complexity index is 682. The van der Waals surface area contributed by atoms with Crippen molar-refractivity contribution in [3.63, 3.8) is 0 Å². The highest BCUT2D eigenvalue weighted by Gasteiger charge is 2.42. The van der Waals surface area contributed by atoms with Gasteiger partial charge in [-0.1, -0.05) is 29.8 Å². The van der Waals surface area contributed by atoms with Crippen molar-refractivity contribution in [1.29, 1.82) is 0 Å². The van der Waals surface area contributed by atoms with Crippen molar-refractivity contribution in [2.24, 2.45) is 0 Å². The summed E-state index contributed by atoms with van der Waals surface area (Å²) in [5.74, 6) is -0.416. The Morgan fingerprint density at radius 3 is 2.70 bits per heavy atom. The van der Waals surface area contributed by atoms with Crippen molar-refractivity contribution < 1.29 is 14.3 Å². The molecule has 1 atom stereocenters. The quantitative estimate of drug-likeness (QED) is 0.858. The molecule has 1 aliphatic heterocycles. The first-order chi connectivity index (χ1) is 11.0. The van der Waals surface area contributed by atoms with Crippen LogP contribution in [0.1, 0.15) is 38.3 Å². The molecule has 0 bridgehead atoms. The molecule has 1 heterocycles. The molecule has 0 saturated heterocycles. The maximum atomic E-state index is 12.5. The van der Waals surface area contributed by atoms with Crippen LogP contribution in [0.3, 0.4) is 0 Å². The first kappa shape index (κ1) is 15.9. The zero-order chi connectivity index (χ0) is 16.6. The third-order valence-corrected chi connectivity index (χ3v) is 4.49. The van der Waals surface area contributed by atoms with Crippen LogP contribution in [0.15, 0.2) is 35.5 Å². The summed E-state index contributed by atoms with van der Waals surface area (Å²) in [4.78, 5) is 26.7. The summed E-state index contributed by atoms with van der Waals surface area (Å²) < 4.78 is 5.21. The molecule has 1 aromatic rings. The summed E-state index contributed by atoms with van der Waals surface area (Å²) in [7, 11) is 0. The Hall–Kier alpha value is -2.01. The number of hydrogen-bond donors (Lipinski definition) is 1. The van der Waals surface area contributed by atoms with Gasteiger partial charge in [-0.2, -0.15) is 0 Å². The minimum atomic E-state index is -0.592. The molecule has 3 rings (SSSR count). The minimum absolute atomic E-state index is 0.173. The monoisotopic (exact) mass is 334 g/mol. The van der Waals surface area contributed by atoms with Crippen molar-refractivity contribution in [1.82, 2.24) is 10.2 Å². The molecule has 23 heavy (non-hydrogen) atoms. The zero-order valence-electron chi connectivity index (χ0n) is 13.1. The Morgan fingerprint density at radius 1 is 1.39 bits per heavy atom. The highest BCUT2D eigenvalue weighted by molar-refractivity contribution is 6.31. The number of halogens is 1. The van der Waals surface area contributed by atoms with Crippen molar-refractivity contribution >= 4 is 23.6 Å². The fourth-order valence-corrected chi connectivity index (χ4v) is 3.19. The van der Waals surface area contributed by atoms with E-state index in [9.17, 15) is 9.59 Å². The Labute approximate surface area is 140 Å². The molecule has 0 unspecified atom stereocenters. The van der Waals surface area contributed by atoms with Gasteiger partial charge in [0.25, 0.3) is 0 Å². The lowest BCUT2D eigenvalue weighted by atomic mass is 9.94. The van der Waals surface area contributed by atoms with Crippen LogP contribution >= 0.6 is 11.6 Å². The van der Waals surface area contributed by atoms with Crippen LogP contribution in [0, 0.1) is 0 Å². The molecular weight excluding hydrogens is 316 g/mol. The van der Waals surface area contributed by atoms with Gasteiger partial charge in [-0.25, -0.2) is 9.59 Å². The second-order valence-electron chi connectivity index (χ2n) is 5.72. The van der Waals surface area contributed by atoms with E-state index in [-0.39, 0.29) is 18.7 Å². The Morgan fingerprint density at radius 2 is 2.09 bits per heavy atom. The maximum absolute atomic E-state index is 12.5. The van der Waals surface area contributed by atoms with Crippen LogP contribution < -0.4 is 5.32 Å². The van der Waals surface area contributed by atoms with Crippen LogP contribution in [-0.2, 0) is 9.53 Å². The molecule has 2 amide bonds. The molecule has 1 N–H and O–H groups in total. The first-order valence-corrected chi connectivity index (χ1v) is 8.14. The fourth-order valence-electron chi connectivity index (χ4n) is 2.95. The summed E-state index contributed by atoms with van der Waals surface area (Å²) in [6, 6.07) is 6.59. The predicted octanol–water partition coefficient (Wildman–Crippen LogP) is 3.41. The molecule has 1 aromatic carbocycles. The topological polar surface area (TPSA) is 58.6 Å². The SMILES string of the molecule is CCOC(=O)C1=C(C)N(C2CC2)C(=O)N[C@@H]1c1ccccc1Cl. The molecule has 5 nitrogen and oxygen atoms in total. The van der Waals surface area contributed by atoms with E-state index in [4.69, 9.17) is 16.3 Å². The largest absolute Gasteiger partial charge is 0.463 e. The number of esters is 1.